The Labute approximate surface area is 106 Å². The second kappa shape index (κ2) is 8.37. The lowest BCUT2D eigenvalue weighted by molar-refractivity contribution is 0.913. The van der Waals surface area contributed by atoms with Crippen molar-refractivity contribution in [3.63, 3.8) is 0 Å². The summed E-state index contributed by atoms with van der Waals surface area (Å²) in [6, 6.07) is 10.6. The number of hydrogen-bond donors (Lipinski definition) is 0. The van der Waals surface area contributed by atoms with Crippen molar-refractivity contribution >= 4 is 35.1 Å². The van der Waals surface area contributed by atoms with E-state index in [0.717, 1.165) is 12.3 Å². The fourth-order valence-electron chi connectivity index (χ4n) is 1.16. The molecule has 0 aliphatic rings. The highest BCUT2D eigenvalue weighted by Gasteiger charge is 2.01. The summed E-state index contributed by atoms with van der Waals surface area (Å²) in [4.78, 5) is 1.36. The van der Waals surface area contributed by atoms with Gasteiger partial charge < -0.3 is 0 Å². The van der Waals surface area contributed by atoms with Crippen molar-refractivity contribution in [2.24, 2.45) is 0 Å². The van der Waals surface area contributed by atoms with Gasteiger partial charge >= 0.3 is 0 Å². The van der Waals surface area contributed by atoms with Gasteiger partial charge in [0.25, 0.3) is 0 Å². The van der Waals surface area contributed by atoms with Crippen LogP contribution in [0.1, 0.15) is 13.3 Å². The van der Waals surface area contributed by atoms with E-state index in [4.69, 9.17) is 11.6 Å². The van der Waals surface area contributed by atoms with Crippen LogP contribution in [0.4, 0.5) is 0 Å². The number of halogens is 1. The van der Waals surface area contributed by atoms with E-state index in [1.807, 2.05) is 23.5 Å². The lowest BCUT2D eigenvalue weighted by Crippen LogP contribution is -1.99. The van der Waals surface area contributed by atoms with Crippen LogP contribution >= 0.6 is 35.1 Å². The highest BCUT2D eigenvalue weighted by molar-refractivity contribution is 8.03. The molecule has 0 bridgehead atoms. The molecule has 0 spiro atoms. The smallest absolute Gasteiger partial charge is 0.0233 e. The first kappa shape index (κ1) is 13.3. The van der Waals surface area contributed by atoms with Crippen LogP contribution in [0.5, 0.6) is 0 Å². The molecule has 0 amide bonds. The second-order valence-corrected chi connectivity index (χ2v) is 6.41. The summed E-state index contributed by atoms with van der Waals surface area (Å²) in [5, 5.41) is 0.693. The topological polar surface area (TPSA) is 0 Å². The molecule has 0 nitrogen and oxygen atoms in total. The van der Waals surface area contributed by atoms with Gasteiger partial charge in [0.15, 0.2) is 0 Å². The minimum absolute atomic E-state index is 0.693. The van der Waals surface area contributed by atoms with Gasteiger partial charge in [0.05, 0.1) is 0 Å². The molecule has 0 N–H and O–H groups in total. The molecule has 3 heteroatoms. The van der Waals surface area contributed by atoms with Gasteiger partial charge in [-0.25, -0.2) is 0 Å². The Morgan fingerprint density at radius 3 is 2.60 bits per heavy atom. The van der Waals surface area contributed by atoms with E-state index in [1.165, 1.54) is 16.4 Å². The molecule has 1 rings (SSSR count). The average molecular weight is 261 g/mol. The Balaban J connectivity index is 2.07. The molecular formula is C12H17ClS2. The number of alkyl halides is 1. The summed E-state index contributed by atoms with van der Waals surface area (Å²) in [5.74, 6) is 3.17. The third-order valence-corrected chi connectivity index (χ3v) is 4.75. The average Bonchev–Trinajstić information content (AvgIpc) is 2.26. The number of rotatable bonds is 7. The molecular weight excluding hydrogens is 244 g/mol. The molecule has 0 heterocycles. The maximum absolute atomic E-state index is 5.69. The molecule has 0 radical (unpaired) electrons. The maximum Gasteiger partial charge on any atom is 0.0233 e. The summed E-state index contributed by atoms with van der Waals surface area (Å²) in [5.41, 5.74) is 0. The number of benzene rings is 1. The summed E-state index contributed by atoms with van der Waals surface area (Å²) < 4.78 is 0. The Hall–Kier alpha value is 0.210. The second-order valence-electron chi connectivity index (χ2n) is 3.32. The fourth-order valence-corrected chi connectivity index (χ4v) is 3.61. The van der Waals surface area contributed by atoms with E-state index in [2.05, 4.69) is 37.3 Å². The van der Waals surface area contributed by atoms with Crippen molar-refractivity contribution in [1.29, 1.82) is 0 Å². The Morgan fingerprint density at radius 2 is 1.93 bits per heavy atom. The fraction of sp³-hybridized carbons (Fsp3) is 0.500. The minimum Gasteiger partial charge on any atom is -0.158 e. The van der Waals surface area contributed by atoms with E-state index >= 15 is 0 Å². The van der Waals surface area contributed by atoms with Crippen LogP contribution in [0.25, 0.3) is 0 Å². The number of thioether (sulfide) groups is 2. The van der Waals surface area contributed by atoms with Crippen molar-refractivity contribution in [3.05, 3.63) is 30.3 Å². The van der Waals surface area contributed by atoms with Gasteiger partial charge in [-0.1, -0.05) is 25.1 Å². The molecule has 15 heavy (non-hydrogen) atoms. The van der Waals surface area contributed by atoms with Crippen molar-refractivity contribution < 1.29 is 0 Å². The van der Waals surface area contributed by atoms with Crippen LogP contribution in [0.2, 0.25) is 0 Å². The van der Waals surface area contributed by atoms with E-state index in [0.29, 0.717) is 5.25 Å². The molecule has 1 atom stereocenters. The van der Waals surface area contributed by atoms with Crippen molar-refractivity contribution in [2.45, 2.75) is 23.5 Å². The summed E-state index contributed by atoms with van der Waals surface area (Å²) in [6.07, 6.45) is 1.11. The molecule has 1 aromatic rings. The highest BCUT2D eigenvalue weighted by atomic mass is 35.5. The first-order chi connectivity index (χ1) is 7.33. The SMILES string of the molecule is CC(CCCl)SCCSc1ccccc1. The maximum atomic E-state index is 5.69. The zero-order valence-electron chi connectivity index (χ0n) is 8.99. The zero-order chi connectivity index (χ0) is 10.9. The first-order valence-corrected chi connectivity index (χ1v) is 7.75. The molecule has 0 saturated carbocycles. The summed E-state index contributed by atoms with van der Waals surface area (Å²) >= 11 is 9.63. The van der Waals surface area contributed by atoms with Gasteiger partial charge in [0, 0.05) is 27.5 Å². The van der Waals surface area contributed by atoms with Crippen molar-refractivity contribution in [2.75, 3.05) is 17.4 Å². The molecule has 1 unspecified atom stereocenters. The molecule has 84 valence electrons. The Morgan fingerprint density at radius 1 is 1.20 bits per heavy atom. The molecule has 0 saturated heterocycles. The highest BCUT2D eigenvalue weighted by Crippen LogP contribution is 2.21. The standard InChI is InChI=1S/C12H17ClS2/c1-11(7-8-13)14-9-10-15-12-5-3-2-4-6-12/h2-6,11H,7-10H2,1H3. The van der Waals surface area contributed by atoms with Crippen LogP contribution in [0.3, 0.4) is 0 Å². The quantitative estimate of drug-likeness (QED) is 0.401. The van der Waals surface area contributed by atoms with E-state index in [1.54, 1.807) is 0 Å². The normalized spacial score (nSPS) is 12.7. The van der Waals surface area contributed by atoms with Gasteiger partial charge in [0.1, 0.15) is 0 Å². The Kier molecular flexibility index (Phi) is 7.41. The van der Waals surface area contributed by atoms with Gasteiger partial charge in [-0.05, 0) is 18.6 Å². The minimum atomic E-state index is 0.693. The Bertz CT molecular complexity index is 251. The van der Waals surface area contributed by atoms with Gasteiger partial charge in [-0.3, -0.25) is 0 Å². The van der Waals surface area contributed by atoms with E-state index in [9.17, 15) is 0 Å². The molecule has 1 aromatic carbocycles. The summed E-state index contributed by atoms with van der Waals surface area (Å²) in [6.45, 7) is 2.25. The van der Waals surface area contributed by atoms with E-state index in [-0.39, 0.29) is 0 Å². The van der Waals surface area contributed by atoms with Gasteiger partial charge in [-0.2, -0.15) is 11.8 Å². The van der Waals surface area contributed by atoms with Crippen LogP contribution in [-0.2, 0) is 0 Å². The lowest BCUT2D eigenvalue weighted by atomic mass is 10.4. The van der Waals surface area contributed by atoms with Crippen molar-refractivity contribution in [1.82, 2.24) is 0 Å². The summed E-state index contributed by atoms with van der Waals surface area (Å²) in [7, 11) is 0. The predicted octanol–water partition coefficient (Wildman–Crippen LogP) is 4.53. The van der Waals surface area contributed by atoms with Gasteiger partial charge in [-0.15, -0.1) is 23.4 Å². The molecule has 0 aliphatic heterocycles. The molecule has 0 fully saturated rings. The van der Waals surface area contributed by atoms with Crippen LogP contribution in [0.15, 0.2) is 35.2 Å². The van der Waals surface area contributed by atoms with Crippen LogP contribution < -0.4 is 0 Å². The van der Waals surface area contributed by atoms with Gasteiger partial charge in [0.2, 0.25) is 0 Å². The zero-order valence-corrected chi connectivity index (χ0v) is 11.4. The first-order valence-electron chi connectivity index (χ1n) is 5.18. The third kappa shape index (κ3) is 6.39. The largest absolute Gasteiger partial charge is 0.158 e. The van der Waals surface area contributed by atoms with E-state index < -0.39 is 0 Å². The molecule has 0 aliphatic carbocycles. The molecule has 0 aromatic heterocycles. The monoisotopic (exact) mass is 260 g/mol. The number of hydrogen-bond acceptors (Lipinski definition) is 2. The van der Waals surface area contributed by atoms with Crippen molar-refractivity contribution in [3.8, 4) is 0 Å². The predicted molar refractivity (Wildman–Crippen MR) is 74.4 cm³/mol. The third-order valence-electron chi connectivity index (χ3n) is 2.01. The van der Waals surface area contributed by atoms with Crippen LogP contribution in [0, 0.1) is 0 Å². The van der Waals surface area contributed by atoms with Crippen LogP contribution in [-0.4, -0.2) is 22.6 Å². The lowest BCUT2D eigenvalue weighted by Gasteiger charge is -2.08.